The number of aromatic nitrogens is 2. The van der Waals surface area contributed by atoms with Crippen LogP contribution in [0.2, 0.25) is 0 Å². The van der Waals surface area contributed by atoms with E-state index in [1.54, 1.807) is 51.1 Å². The summed E-state index contributed by atoms with van der Waals surface area (Å²) in [5.41, 5.74) is -0.482. The van der Waals surface area contributed by atoms with Crippen molar-refractivity contribution in [2.24, 2.45) is 0 Å². The van der Waals surface area contributed by atoms with Crippen molar-refractivity contribution in [3.63, 3.8) is 0 Å². The fraction of sp³-hybridized carbons (Fsp3) is 0.478. The summed E-state index contributed by atoms with van der Waals surface area (Å²) in [5.74, 6) is -1.29. The highest BCUT2D eigenvalue weighted by molar-refractivity contribution is 7.53. The SMILES string of the molecule is CCOC(=O)[C@H](NC(Cn1cc(C)c(=O)[nH]c1=O)C(=O)NCP(=O)(OCC)OCC)c1ccccc1. The normalized spacial score (nSPS) is 13.1. The van der Waals surface area contributed by atoms with Crippen molar-refractivity contribution in [2.75, 3.05) is 26.1 Å². The lowest BCUT2D eigenvalue weighted by Crippen LogP contribution is -2.51. The highest BCUT2D eigenvalue weighted by Gasteiger charge is 2.31. The molecule has 0 radical (unpaired) electrons. The summed E-state index contributed by atoms with van der Waals surface area (Å²) in [6.45, 7) is 6.55. The van der Waals surface area contributed by atoms with E-state index >= 15 is 0 Å². The van der Waals surface area contributed by atoms with Gasteiger partial charge in [-0.2, -0.15) is 0 Å². The van der Waals surface area contributed by atoms with E-state index in [0.29, 0.717) is 5.56 Å². The van der Waals surface area contributed by atoms with Gasteiger partial charge >= 0.3 is 19.3 Å². The molecule has 1 unspecified atom stereocenters. The number of nitrogens with zero attached hydrogens (tertiary/aromatic N) is 1. The third-order valence-corrected chi connectivity index (χ3v) is 6.85. The van der Waals surface area contributed by atoms with Gasteiger partial charge in [0.15, 0.2) is 0 Å². The minimum absolute atomic E-state index is 0.111. The number of hydrogen-bond donors (Lipinski definition) is 3. The number of amides is 1. The molecule has 2 aromatic rings. The Kier molecular flexibility index (Phi) is 11.3. The monoisotopic (exact) mass is 524 g/mol. The first kappa shape index (κ1) is 29.2. The molecule has 1 aromatic carbocycles. The molecule has 1 aromatic heterocycles. The first-order valence-corrected chi connectivity index (χ1v) is 13.3. The van der Waals surface area contributed by atoms with Crippen LogP contribution in [0.25, 0.3) is 0 Å². The third kappa shape index (κ3) is 8.27. The summed E-state index contributed by atoms with van der Waals surface area (Å²) in [4.78, 5) is 52.4. The Morgan fingerprint density at radius 3 is 2.28 bits per heavy atom. The van der Waals surface area contributed by atoms with Crippen LogP contribution in [0.3, 0.4) is 0 Å². The fourth-order valence-electron chi connectivity index (χ4n) is 3.35. The maximum Gasteiger partial charge on any atom is 0.349 e. The topological polar surface area (TPSA) is 158 Å². The number of esters is 1. The summed E-state index contributed by atoms with van der Waals surface area (Å²) < 4.78 is 29.6. The predicted octanol–water partition coefficient (Wildman–Crippen LogP) is 1.45. The second-order valence-corrected chi connectivity index (χ2v) is 9.74. The predicted molar refractivity (Wildman–Crippen MR) is 133 cm³/mol. The summed E-state index contributed by atoms with van der Waals surface area (Å²) in [5, 5.41) is 5.49. The number of hydrogen-bond acceptors (Lipinski definition) is 9. The lowest BCUT2D eigenvalue weighted by Gasteiger charge is -2.26. The van der Waals surface area contributed by atoms with Crippen molar-refractivity contribution in [1.82, 2.24) is 20.2 Å². The molecule has 1 amide bonds. The van der Waals surface area contributed by atoms with Crippen LogP contribution in [0.5, 0.6) is 0 Å². The molecule has 0 aliphatic heterocycles. The number of nitrogens with one attached hydrogen (secondary N) is 3. The average Bonchev–Trinajstić information content (AvgIpc) is 2.84. The van der Waals surface area contributed by atoms with Crippen molar-refractivity contribution in [2.45, 2.75) is 46.3 Å². The van der Waals surface area contributed by atoms with Crippen LogP contribution < -0.4 is 21.9 Å². The summed E-state index contributed by atoms with van der Waals surface area (Å²) >= 11 is 0. The number of carbonyl (C=O) groups excluding carboxylic acids is 2. The van der Waals surface area contributed by atoms with E-state index in [1.165, 1.54) is 13.1 Å². The zero-order valence-electron chi connectivity index (χ0n) is 20.8. The van der Waals surface area contributed by atoms with Gasteiger partial charge in [0.2, 0.25) is 5.91 Å². The quantitative estimate of drug-likeness (QED) is 0.246. The molecule has 36 heavy (non-hydrogen) atoms. The Morgan fingerprint density at radius 1 is 1.06 bits per heavy atom. The van der Waals surface area contributed by atoms with Gasteiger partial charge in [0.1, 0.15) is 18.4 Å². The number of benzene rings is 1. The Morgan fingerprint density at radius 2 is 1.69 bits per heavy atom. The lowest BCUT2D eigenvalue weighted by atomic mass is 10.1. The summed E-state index contributed by atoms with van der Waals surface area (Å²) in [6.07, 6.45) is 0.900. The van der Waals surface area contributed by atoms with Crippen molar-refractivity contribution in [3.05, 3.63) is 68.5 Å². The number of aromatic amines is 1. The van der Waals surface area contributed by atoms with Gasteiger partial charge < -0.3 is 19.1 Å². The fourth-order valence-corrected chi connectivity index (χ4v) is 4.75. The van der Waals surface area contributed by atoms with Crippen molar-refractivity contribution < 1.29 is 27.9 Å². The Bertz CT molecular complexity index is 1170. The molecule has 0 saturated carbocycles. The molecule has 0 spiro atoms. The van der Waals surface area contributed by atoms with E-state index in [0.717, 1.165) is 4.57 Å². The Balaban J connectivity index is 2.41. The van der Waals surface area contributed by atoms with Gasteiger partial charge in [-0.1, -0.05) is 30.3 Å². The van der Waals surface area contributed by atoms with Crippen LogP contribution in [-0.2, 0) is 34.5 Å². The molecule has 12 nitrogen and oxygen atoms in total. The van der Waals surface area contributed by atoms with E-state index < -0.39 is 49.1 Å². The molecule has 1 heterocycles. The largest absolute Gasteiger partial charge is 0.465 e. The molecule has 2 atom stereocenters. The first-order valence-electron chi connectivity index (χ1n) is 11.6. The first-order chi connectivity index (χ1) is 17.1. The number of H-pyrrole nitrogens is 1. The Hall–Kier alpha value is -3.05. The van der Waals surface area contributed by atoms with Gasteiger partial charge in [0.05, 0.1) is 26.4 Å². The minimum atomic E-state index is -3.61. The van der Waals surface area contributed by atoms with Gasteiger partial charge in [-0.05, 0) is 33.3 Å². The van der Waals surface area contributed by atoms with Crippen LogP contribution in [0.1, 0.15) is 37.9 Å². The zero-order valence-corrected chi connectivity index (χ0v) is 21.7. The van der Waals surface area contributed by atoms with Crippen LogP contribution in [0.4, 0.5) is 0 Å². The van der Waals surface area contributed by atoms with Crippen molar-refractivity contribution in [1.29, 1.82) is 0 Å². The van der Waals surface area contributed by atoms with E-state index in [2.05, 4.69) is 15.6 Å². The van der Waals surface area contributed by atoms with Crippen LogP contribution >= 0.6 is 7.60 Å². The smallest absolute Gasteiger partial charge is 0.349 e. The Labute approximate surface area is 208 Å². The maximum absolute atomic E-state index is 13.3. The minimum Gasteiger partial charge on any atom is -0.465 e. The summed E-state index contributed by atoms with van der Waals surface area (Å²) in [7, 11) is -3.61. The number of aryl methyl sites for hydroxylation is 1. The summed E-state index contributed by atoms with van der Waals surface area (Å²) in [6, 6.07) is 6.39. The second-order valence-electron chi connectivity index (χ2n) is 7.68. The van der Waals surface area contributed by atoms with E-state index in [-0.39, 0.29) is 31.9 Å². The highest BCUT2D eigenvalue weighted by Crippen LogP contribution is 2.46. The standard InChI is InChI=1S/C23H33N4O8P/c1-5-33-22(30)19(17-11-9-8-10-12-17)25-18(14-27-13-16(4)20(28)26-23(27)31)21(29)24-15-36(32,34-6-2)35-7-3/h8-13,18-19,25H,5-7,14-15H2,1-4H3,(H,24,29)(H,26,28,31)/t18?,19-/m1/s1. The number of rotatable bonds is 14. The van der Waals surface area contributed by atoms with Gasteiger partial charge in [-0.25, -0.2) is 9.59 Å². The second kappa shape index (κ2) is 13.9. The maximum atomic E-state index is 13.3. The van der Waals surface area contributed by atoms with Crippen LogP contribution in [0.15, 0.2) is 46.1 Å². The molecule has 0 aliphatic rings. The van der Waals surface area contributed by atoms with Gasteiger partial charge in [0, 0.05) is 11.8 Å². The lowest BCUT2D eigenvalue weighted by molar-refractivity contribution is -0.146. The molecule has 0 bridgehead atoms. The third-order valence-electron chi connectivity index (χ3n) is 5.01. The average molecular weight is 525 g/mol. The molecule has 3 N–H and O–H groups in total. The van der Waals surface area contributed by atoms with Gasteiger partial charge in [-0.15, -0.1) is 0 Å². The molecular formula is C23H33N4O8P. The van der Waals surface area contributed by atoms with Crippen LogP contribution in [-0.4, -0.2) is 53.6 Å². The number of ether oxygens (including phenoxy) is 1. The number of carbonyl (C=O) groups is 2. The van der Waals surface area contributed by atoms with Gasteiger partial charge in [-0.3, -0.25) is 29.0 Å². The molecule has 0 fully saturated rings. The van der Waals surface area contributed by atoms with Crippen molar-refractivity contribution in [3.8, 4) is 0 Å². The van der Waals surface area contributed by atoms with E-state index in [9.17, 15) is 23.7 Å². The molecule has 2 rings (SSSR count). The molecule has 0 aliphatic carbocycles. The highest BCUT2D eigenvalue weighted by atomic mass is 31.2. The van der Waals surface area contributed by atoms with Gasteiger partial charge in [0.25, 0.3) is 5.56 Å². The molecular weight excluding hydrogens is 491 g/mol. The van der Waals surface area contributed by atoms with E-state index in [4.69, 9.17) is 13.8 Å². The molecule has 198 valence electrons. The molecule has 0 saturated heterocycles. The zero-order chi connectivity index (χ0) is 26.7. The van der Waals surface area contributed by atoms with Crippen molar-refractivity contribution >= 4 is 19.5 Å². The van der Waals surface area contributed by atoms with Crippen LogP contribution in [0, 0.1) is 6.92 Å². The molecule has 13 heteroatoms. The van der Waals surface area contributed by atoms with E-state index in [1.807, 2.05) is 0 Å².